The van der Waals surface area contributed by atoms with Crippen molar-refractivity contribution >= 4 is 17.7 Å². The number of piperidine rings is 1. The van der Waals surface area contributed by atoms with Crippen LogP contribution < -0.4 is 5.69 Å². The number of likely N-dealkylation sites (tertiary alicyclic amines) is 1. The zero-order valence-corrected chi connectivity index (χ0v) is 18.8. The van der Waals surface area contributed by atoms with Crippen LogP contribution in [0, 0.1) is 12.8 Å². The maximum Gasteiger partial charge on any atom is 0.347 e. The molecule has 162 valence electrons. The molecule has 0 spiro atoms. The first-order valence-corrected chi connectivity index (χ1v) is 11.8. The highest BCUT2D eigenvalue weighted by molar-refractivity contribution is 7.99. The van der Waals surface area contributed by atoms with E-state index in [1.54, 1.807) is 16.3 Å². The maximum atomic E-state index is 13.1. The lowest BCUT2D eigenvalue weighted by molar-refractivity contribution is 0.0686. The van der Waals surface area contributed by atoms with E-state index >= 15 is 0 Å². The van der Waals surface area contributed by atoms with Crippen LogP contribution in [0.15, 0.2) is 58.2 Å². The van der Waals surface area contributed by atoms with E-state index in [1.165, 1.54) is 0 Å². The van der Waals surface area contributed by atoms with E-state index < -0.39 is 0 Å². The molecule has 1 saturated heterocycles. The van der Waals surface area contributed by atoms with Gasteiger partial charge in [-0.25, -0.2) is 14.5 Å². The predicted molar refractivity (Wildman–Crippen MR) is 124 cm³/mol. The number of thioether (sulfide) groups is 1. The summed E-state index contributed by atoms with van der Waals surface area (Å²) in [6.07, 6.45) is 2.53. The normalized spacial score (nSPS) is 14.7. The summed E-state index contributed by atoms with van der Waals surface area (Å²) in [7, 11) is 0. The Balaban J connectivity index is 1.44. The van der Waals surface area contributed by atoms with Crippen molar-refractivity contribution in [3.05, 3.63) is 76.0 Å². The summed E-state index contributed by atoms with van der Waals surface area (Å²) in [4.78, 5) is 28.5. The van der Waals surface area contributed by atoms with E-state index in [2.05, 4.69) is 17.1 Å². The Bertz CT molecular complexity index is 1110. The minimum atomic E-state index is -0.207. The Morgan fingerprint density at radius 3 is 2.58 bits per heavy atom. The van der Waals surface area contributed by atoms with Crippen molar-refractivity contribution < 1.29 is 4.79 Å². The monoisotopic (exact) mass is 436 g/mol. The van der Waals surface area contributed by atoms with E-state index in [9.17, 15) is 9.59 Å². The standard InChI is InChI=1S/C24H28N4O2S/c1-3-31-21-11-7-5-9-19(21)23(29)27-14-12-18(13-15-27)16-22-25-26-24(30)28(22)20-10-6-4-8-17(20)2/h4-11,18H,3,12-16H2,1-2H3,(H,26,30). The molecule has 1 fully saturated rings. The maximum absolute atomic E-state index is 13.1. The van der Waals surface area contributed by atoms with Gasteiger partial charge in [-0.2, -0.15) is 5.10 Å². The van der Waals surface area contributed by atoms with Gasteiger partial charge >= 0.3 is 5.69 Å². The molecule has 1 aliphatic rings. The fraction of sp³-hybridized carbons (Fsp3) is 0.375. The van der Waals surface area contributed by atoms with Crippen molar-refractivity contribution in [3.63, 3.8) is 0 Å². The van der Waals surface area contributed by atoms with E-state index in [4.69, 9.17) is 0 Å². The Morgan fingerprint density at radius 1 is 1.13 bits per heavy atom. The lowest BCUT2D eigenvalue weighted by Crippen LogP contribution is -2.39. The van der Waals surface area contributed by atoms with Crippen LogP contribution in [0.2, 0.25) is 0 Å². The number of carbonyl (C=O) groups excluding carboxylic acids is 1. The van der Waals surface area contributed by atoms with Gasteiger partial charge in [-0.15, -0.1) is 11.8 Å². The van der Waals surface area contributed by atoms with Crippen molar-refractivity contribution in [1.82, 2.24) is 19.7 Å². The molecule has 1 amide bonds. The molecule has 2 heterocycles. The van der Waals surface area contributed by atoms with E-state index in [1.807, 2.05) is 60.4 Å². The van der Waals surface area contributed by atoms with Gasteiger partial charge in [0.25, 0.3) is 5.91 Å². The number of aryl methyl sites for hydroxylation is 1. The highest BCUT2D eigenvalue weighted by atomic mass is 32.2. The second-order valence-corrected chi connectivity index (χ2v) is 9.24. The van der Waals surface area contributed by atoms with Crippen molar-refractivity contribution in [2.75, 3.05) is 18.8 Å². The molecule has 0 atom stereocenters. The SMILES string of the molecule is CCSc1ccccc1C(=O)N1CCC(Cc2n[nH]c(=O)n2-c2ccccc2C)CC1. The molecule has 1 aromatic heterocycles. The Morgan fingerprint density at radius 2 is 1.84 bits per heavy atom. The number of hydrogen-bond acceptors (Lipinski definition) is 4. The number of amides is 1. The number of benzene rings is 2. The second kappa shape index (κ2) is 9.56. The third kappa shape index (κ3) is 4.61. The summed E-state index contributed by atoms with van der Waals surface area (Å²) in [5.41, 5.74) is 2.50. The summed E-state index contributed by atoms with van der Waals surface area (Å²) in [6.45, 7) is 5.56. The molecule has 3 aromatic rings. The van der Waals surface area contributed by atoms with Crippen LogP contribution in [-0.4, -0.2) is 44.4 Å². The fourth-order valence-corrected chi connectivity index (χ4v) is 5.02. The van der Waals surface area contributed by atoms with Gasteiger partial charge in [-0.05, 0) is 55.2 Å². The van der Waals surface area contributed by atoms with Gasteiger partial charge in [0.2, 0.25) is 0 Å². The number of nitrogens with zero attached hydrogens (tertiary/aromatic N) is 3. The zero-order valence-electron chi connectivity index (χ0n) is 18.0. The van der Waals surface area contributed by atoms with E-state index in [0.29, 0.717) is 5.92 Å². The molecule has 1 N–H and O–H groups in total. The van der Waals surface area contributed by atoms with E-state index in [0.717, 1.165) is 65.6 Å². The first-order chi connectivity index (χ1) is 15.1. The number of rotatable bonds is 6. The fourth-order valence-electron chi connectivity index (χ4n) is 4.22. The summed E-state index contributed by atoms with van der Waals surface area (Å²) in [5, 5.41) is 6.91. The van der Waals surface area contributed by atoms with Gasteiger partial charge in [-0.1, -0.05) is 37.3 Å². The quantitative estimate of drug-likeness (QED) is 0.591. The Hall–Kier alpha value is -2.80. The molecular weight excluding hydrogens is 408 g/mol. The van der Waals surface area contributed by atoms with Crippen LogP contribution >= 0.6 is 11.8 Å². The van der Waals surface area contributed by atoms with Crippen LogP contribution in [0.1, 0.15) is 41.5 Å². The van der Waals surface area contributed by atoms with Crippen LogP contribution in [0.5, 0.6) is 0 Å². The molecule has 1 aliphatic heterocycles. The molecule has 0 aliphatic carbocycles. The van der Waals surface area contributed by atoms with Crippen LogP contribution in [0.4, 0.5) is 0 Å². The smallest absolute Gasteiger partial charge is 0.339 e. The summed E-state index contributed by atoms with van der Waals surface area (Å²) >= 11 is 1.71. The van der Waals surface area contributed by atoms with Gasteiger partial charge in [-0.3, -0.25) is 4.79 Å². The summed E-state index contributed by atoms with van der Waals surface area (Å²) in [5.74, 6) is 2.21. The van der Waals surface area contributed by atoms with E-state index in [-0.39, 0.29) is 11.6 Å². The van der Waals surface area contributed by atoms with Gasteiger partial charge in [0.1, 0.15) is 5.82 Å². The summed E-state index contributed by atoms with van der Waals surface area (Å²) in [6, 6.07) is 15.7. The van der Waals surface area contributed by atoms with Crippen molar-refractivity contribution in [2.45, 2.75) is 38.0 Å². The third-order valence-corrected chi connectivity index (χ3v) is 6.84. The van der Waals surface area contributed by atoms with Gasteiger partial charge in [0.05, 0.1) is 11.3 Å². The minimum Gasteiger partial charge on any atom is -0.339 e. The van der Waals surface area contributed by atoms with Crippen LogP contribution in [-0.2, 0) is 6.42 Å². The lowest BCUT2D eigenvalue weighted by atomic mass is 9.92. The lowest BCUT2D eigenvalue weighted by Gasteiger charge is -2.32. The average molecular weight is 437 g/mol. The Labute approximate surface area is 186 Å². The van der Waals surface area contributed by atoms with Crippen molar-refractivity contribution in [1.29, 1.82) is 0 Å². The number of aromatic amines is 1. The molecule has 2 aromatic carbocycles. The first kappa shape index (κ1) is 21.4. The van der Waals surface area contributed by atoms with Crippen LogP contribution in [0.3, 0.4) is 0 Å². The molecule has 0 bridgehead atoms. The largest absolute Gasteiger partial charge is 0.347 e. The number of nitrogens with one attached hydrogen (secondary N) is 1. The third-order valence-electron chi connectivity index (χ3n) is 5.89. The average Bonchev–Trinajstić information content (AvgIpc) is 3.14. The van der Waals surface area contributed by atoms with Gasteiger partial charge in [0, 0.05) is 24.4 Å². The minimum absolute atomic E-state index is 0.117. The molecule has 0 saturated carbocycles. The first-order valence-electron chi connectivity index (χ1n) is 10.8. The highest BCUT2D eigenvalue weighted by Crippen LogP contribution is 2.27. The summed E-state index contributed by atoms with van der Waals surface area (Å²) < 4.78 is 1.69. The molecular formula is C24H28N4O2S. The predicted octanol–water partition coefficient (Wildman–Crippen LogP) is 4.08. The Kier molecular flexibility index (Phi) is 6.61. The molecule has 0 radical (unpaired) electrons. The topological polar surface area (TPSA) is 71.0 Å². The van der Waals surface area contributed by atoms with Crippen molar-refractivity contribution in [3.8, 4) is 5.69 Å². The van der Waals surface area contributed by atoms with Gasteiger partial charge in [0.15, 0.2) is 0 Å². The molecule has 6 nitrogen and oxygen atoms in total. The highest BCUT2D eigenvalue weighted by Gasteiger charge is 2.26. The molecule has 0 unspecified atom stereocenters. The number of H-pyrrole nitrogens is 1. The molecule has 31 heavy (non-hydrogen) atoms. The van der Waals surface area contributed by atoms with Crippen LogP contribution in [0.25, 0.3) is 5.69 Å². The zero-order chi connectivity index (χ0) is 21.8. The molecule has 4 rings (SSSR count). The number of para-hydroxylation sites is 1. The number of carbonyl (C=O) groups is 1. The number of aromatic nitrogens is 3. The van der Waals surface area contributed by atoms with Gasteiger partial charge < -0.3 is 4.90 Å². The number of hydrogen-bond donors (Lipinski definition) is 1. The second-order valence-electron chi connectivity index (χ2n) is 7.94. The van der Waals surface area contributed by atoms with Crippen molar-refractivity contribution in [2.24, 2.45) is 5.92 Å². The molecule has 7 heteroatoms.